The Morgan fingerprint density at radius 3 is 2.47 bits per heavy atom. The van der Waals surface area contributed by atoms with Crippen LogP contribution in [0.4, 0.5) is 9.18 Å². The molecule has 32 heavy (non-hydrogen) atoms. The van der Waals surface area contributed by atoms with Crippen molar-refractivity contribution in [3.63, 3.8) is 0 Å². The SMILES string of the molecule is CC(C)(C)OC(=O)N1CCC(n2ncc3cc(-c4cccc(F)c4)cc(C(N)=O)c32)CC1. The Labute approximate surface area is 185 Å². The van der Waals surface area contributed by atoms with E-state index in [-0.39, 0.29) is 18.0 Å². The van der Waals surface area contributed by atoms with Crippen molar-refractivity contribution in [3.8, 4) is 11.1 Å². The third-order valence-corrected chi connectivity index (χ3v) is 5.58. The standard InChI is InChI=1S/C24H27FN4O3/c1-24(2,3)32-23(31)28-9-7-19(8-10-28)29-21-17(14-27-29)11-16(13-20(21)22(26)30)15-5-4-6-18(25)12-15/h4-6,11-14,19H,7-10H2,1-3H3,(H2,26,30). The summed E-state index contributed by atoms with van der Waals surface area (Å²) in [5.41, 5.74) is 7.53. The molecule has 2 heterocycles. The molecular formula is C24H27FN4O3. The molecule has 8 heteroatoms. The molecule has 3 aromatic rings. The molecule has 4 rings (SSSR count). The van der Waals surface area contributed by atoms with Gasteiger partial charge in [0.1, 0.15) is 11.4 Å². The van der Waals surface area contributed by atoms with Gasteiger partial charge in [-0.25, -0.2) is 9.18 Å². The number of nitrogens with zero attached hydrogens (tertiary/aromatic N) is 3. The minimum absolute atomic E-state index is 0.0179. The van der Waals surface area contributed by atoms with Gasteiger partial charge in [-0.15, -0.1) is 0 Å². The lowest BCUT2D eigenvalue weighted by Gasteiger charge is -2.33. The summed E-state index contributed by atoms with van der Waals surface area (Å²) in [5.74, 6) is -0.920. The molecular weight excluding hydrogens is 411 g/mol. The fraction of sp³-hybridized carbons (Fsp3) is 0.375. The van der Waals surface area contributed by atoms with Gasteiger partial charge in [0.2, 0.25) is 0 Å². The largest absolute Gasteiger partial charge is 0.444 e. The molecule has 0 atom stereocenters. The van der Waals surface area contributed by atoms with Crippen molar-refractivity contribution >= 4 is 22.9 Å². The molecule has 0 bridgehead atoms. The summed E-state index contributed by atoms with van der Waals surface area (Å²) in [6.45, 7) is 6.60. The third kappa shape index (κ3) is 4.44. The Morgan fingerprint density at radius 1 is 1.12 bits per heavy atom. The second-order valence-electron chi connectivity index (χ2n) is 9.12. The molecule has 0 unspecified atom stereocenters. The zero-order valence-electron chi connectivity index (χ0n) is 18.5. The number of ether oxygens (including phenoxy) is 1. The van der Waals surface area contributed by atoms with E-state index in [9.17, 15) is 14.0 Å². The van der Waals surface area contributed by atoms with Crippen LogP contribution < -0.4 is 5.73 Å². The molecule has 1 aliphatic rings. The van der Waals surface area contributed by atoms with Gasteiger partial charge in [0.25, 0.3) is 5.91 Å². The summed E-state index contributed by atoms with van der Waals surface area (Å²) >= 11 is 0. The molecule has 1 saturated heterocycles. The first-order valence-corrected chi connectivity index (χ1v) is 10.7. The number of amides is 2. The molecule has 168 valence electrons. The summed E-state index contributed by atoms with van der Waals surface area (Å²) in [6, 6.07) is 9.79. The maximum atomic E-state index is 13.7. The molecule has 7 nitrogen and oxygen atoms in total. The van der Waals surface area contributed by atoms with Gasteiger partial charge in [0, 0.05) is 18.5 Å². The van der Waals surface area contributed by atoms with Gasteiger partial charge >= 0.3 is 6.09 Å². The number of halogens is 1. The van der Waals surface area contributed by atoms with Gasteiger partial charge in [-0.05, 0) is 69.0 Å². The Morgan fingerprint density at radius 2 is 1.84 bits per heavy atom. The van der Waals surface area contributed by atoms with Gasteiger partial charge in [-0.1, -0.05) is 12.1 Å². The van der Waals surface area contributed by atoms with Crippen LogP contribution in [-0.2, 0) is 4.74 Å². The quantitative estimate of drug-likeness (QED) is 0.651. The smallest absolute Gasteiger partial charge is 0.410 e. The zero-order chi connectivity index (χ0) is 23.0. The summed E-state index contributed by atoms with van der Waals surface area (Å²) in [4.78, 5) is 26.4. The van der Waals surface area contributed by atoms with Crippen LogP contribution in [0.15, 0.2) is 42.6 Å². The van der Waals surface area contributed by atoms with Gasteiger partial charge in [0.15, 0.2) is 0 Å². The van der Waals surface area contributed by atoms with Crippen LogP contribution in [0.25, 0.3) is 22.0 Å². The highest BCUT2D eigenvalue weighted by atomic mass is 19.1. The van der Waals surface area contributed by atoms with E-state index in [1.165, 1.54) is 12.1 Å². The number of primary amides is 1. The number of nitrogens with two attached hydrogens (primary N) is 1. The third-order valence-electron chi connectivity index (χ3n) is 5.58. The van der Waals surface area contributed by atoms with E-state index < -0.39 is 11.5 Å². The first kappa shape index (κ1) is 21.8. The van der Waals surface area contributed by atoms with E-state index >= 15 is 0 Å². The topological polar surface area (TPSA) is 90.4 Å². The van der Waals surface area contributed by atoms with Gasteiger partial charge in [-0.3, -0.25) is 9.48 Å². The van der Waals surface area contributed by atoms with Crippen molar-refractivity contribution in [2.75, 3.05) is 13.1 Å². The van der Waals surface area contributed by atoms with E-state index in [0.717, 1.165) is 5.39 Å². The van der Waals surface area contributed by atoms with E-state index in [1.54, 1.807) is 29.3 Å². The number of fused-ring (bicyclic) bond motifs is 1. The minimum Gasteiger partial charge on any atom is -0.444 e. The van der Waals surface area contributed by atoms with E-state index in [0.29, 0.717) is 48.1 Å². The molecule has 0 aliphatic carbocycles. The average Bonchev–Trinajstić information content (AvgIpc) is 3.16. The molecule has 0 radical (unpaired) electrons. The van der Waals surface area contributed by atoms with Crippen molar-refractivity contribution in [1.82, 2.24) is 14.7 Å². The first-order chi connectivity index (χ1) is 15.1. The highest BCUT2D eigenvalue weighted by molar-refractivity contribution is 6.06. The Kier molecular flexibility index (Phi) is 5.62. The number of hydrogen-bond acceptors (Lipinski definition) is 4. The number of hydrogen-bond donors (Lipinski definition) is 1. The zero-order valence-corrected chi connectivity index (χ0v) is 18.5. The fourth-order valence-electron chi connectivity index (χ4n) is 4.11. The van der Waals surface area contributed by atoms with Crippen LogP contribution in [0, 0.1) is 5.82 Å². The molecule has 1 aliphatic heterocycles. The van der Waals surface area contributed by atoms with Gasteiger partial charge < -0.3 is 15.4 Å². The van der Waals surface area contributed by atoms with Crippen LogP contribution >= 0.6 is 0 Å². The predicted molar refractivity (Wildman–Crippen MR) is 120 cm³/mol. The minimum atomic E-state index is -0.568. The highest BCUT2D eigenvalue weighted by Crippen LogP contribution is 2.32. The van der Waals surface area contributed by atoms with Crippen molar-refractivity contribution in [2.24, 2.45) is 5.73 Å². The second kappa shape index (κ2) is 8.26. The summed E-state index contributed by atoms with van der Waals surface area (Å²) in [7, 11) is 0. The summed E-state index contributed by atoms with van der Waals surface area (Å²) < 4.78 is 21.0. The lowest BCUT2D eigenvalue weighted by Crippen LogP contribution is -2.42. The predicted octanol–water partition coefficient (Wildman–Crippen LogP) is 4.51. The summed E-state index contributed by atoms with van der Waals surface area (Å²) in [6.07, 6.45) is 2.74. The first-order valence-electron chi connectivity index (χ1n) is 10.7. The Hall–Kier alpha value is -3.42. The molecule has 2 aromatic carbocycles. The van der Waals surface area contributed by atoms with Crippen LogP contribution in [-0.4, -0.2) is 45.4 Å². The highest BCUT2D eigenvalue weighted by Gasteiger charge is 2.29. The number of rotatable bonds is 3. The van der Waals surface area contributed by atoms with Crippen molar-refractivity contribution in [1.29, 1.82) is 0 Å². The molecule has 1 aromatic heterocycles. The molecule has 0 spiro atoms. The lowest BCUT2D eigenvalue weighted by molar-refractivity contribution is 0.0186. The Bertz CT molecular complexity index is 1170. The van der Waals surface area contributed by atoms with Crippen molar-refractivity contribution in [3.05, 3.63) is 54.0 Å². The van der Waals surface area contributed by atoms with Gasteiger partial charge in [0.05, 0.1) is 23.3 Å². The van der Waals surface area contributed by atoms with Crippen LogP contribution in [0.2, 0.25) is 0 Å². The number of benzene rings is 2. The number of likely N-dealkylation sites (tertiary alicyclic amines) is 1. The maximum absolute atomic E-state index is 13.7. The van der Waals surface area contributed by atoms with E-state index in [2.05, 4.69) is 5.10 Å². The monoisotopic (exact) mass is 438 g/mol. The number of carbonyl (C=O) groups excluding carboxylic acids is 2. The van der Waals surface area contributed by atoms with Crippen LogP contribution in [0.1, 0.15) is 50.0 Å². The van der Waals surface area contributed by atoms with Crippen LogP contribution in [0.3, 0.4) is 0 Å². The van der Waals surface area contributed by atoms with E-state index in [4.69, 9.17) is 10.5 Å². The van der Waals surface area contributed by atoms with E-state index in [1.807, 2.05) is 31.5 Å². The second-order valence-corrected chi connectivity index (χ2v) is 9.12. The number of piperidine rings is 1. The molecule has 2 amide bonds. The average molecular weight is 439 g/mol. The fourth-order valence-corrected chi connectivity index (χ4v) is 4.11. The summed E-state index contributed by atoms with van der Waals surface area (Å²) in [5, 5.41) is 5.30. The Balaban J connectivity index is 1.62. The molecule has 2 N–H and O–H groups in total. The maximum Gasteiger partial charge on any atom is 0.410 e. The molecule has 0 saturated carbocycles. The van der Waals surface area contributed by atoms with Gasteiger partial charge in [-0.2, -0.15) is 5.10 Å². The lowest BCUT2D eigenvalue weighted by atomic mass is 9.99. The normalized spacial score (nSPS) is 15.2. The van der Waals surface area contributed by atoms with Crippen molar-refractivity contribution in [2.45, 2.75) is 45.3 Å². The number of aromatic nitrogens is 2. The van der Waals surface area contributed by atoms with Crippen LogP contribution in [0.5, 0.6) is 0 Å². The van der Waals surface area contributed by atoms with Crippen molar-refractivity contribution < 1.29 is 18.7 Å². The molecule has 1 fully saturated rings. The number of carbonyl (C=O) groups is 2.